The molecule has 1 saturated heterocycles. The fraction of sp³-hybridized carbons (Fsp3) is 0.846. The lowest BCUT2D eigenvalue weighted by atomic mass is 10.0. The van der Waals surface area contributed by atoms with Crippen molar-refractivity contribution < 1.29 is 9.59 Å². The molecule has 0 aromatic heterocycles. The first-order valence-corrected chi connectivity index (χ1v) is 6.72. The minimum atomic E-state index is -0.133. The largest absolute Gasteiger partial charge is 0.353 e. The summed E-state index contributed by atoms with van der Waals surface area (Å²) in [5.41, 5.74) is 0. The lowest BCUT2D eigenvalue weighted by molar-refractivity contribution is -0.134. The number of rotatable bonds is 4. The van der Waals surface area contributed by atoms with Gasteiger partial charge in [0.25, 0.3) is 0 Å². The normalized spacial score (nSPS) is 18.8. The van der Waals surface area contributed by atoms with Gasteiger partial charge in [-0.2, -0.15) is 0 Å². The molecule has 0 radical (unpaired) electrons. The van der Waals surface area contributed by atoms with Crippen molar-refractivity contribution in [3.8, 4) is 0 Å². The van der Waals surface area contributed by atoms with Gasteiger partial charge in [0.2, 0.25) is 11.8 Å². The fourth-order valence-electron chi connectivity index (χ4n) is 2.01. The van der Waals surface area contributed by atoms with Gasteiger partial charge < -0.3 is 15.5 Å². The fourth-order valence-corrected chi connectivity index (χ4v) is 2.01. The zero-order valence-corrected chi connectivity index (χ0v) is 11.8. The molecule has 2 amide bonds. The van der Waals surface area contributed by atoms with Crippen LogP contribution in [0.25, 0.3) is 0 Å². The van der Waals surface area contributed by atoms with Gasteiger partial charge in [0, 0.05) is 25.0 Å². The molecule has 1 fully saturated rings. The van der Waals surface area contributed by atoms with Crippen LogP contribution in [0.2, 0.25) is 0 Å². The second-order valence-electron chi connectivity index (χ2n) is 5.27. The SMILES string of the molecule is CNC(C)C(=O)N1CCC(NC(=O)C(C)C)CC1. The number of likely N-dealkylation sites (tertiary alicyclic amines) is 1. The minimum Gasteiger partial charge on any atom is -0.353 e. The predicted octanol–water partition coefficient (Wildman–Crippen LogP) is 0.358. The Hall–Kier alpha value is -1.10. The third-order valence-electron chi connectivity index (χ3n) is 3.48. The Balaban J connectivity index is 2.37. The van der Waals surface area contributed by atoms with Crippen LogP contribution in [0.1, 0.15) is 33.6 Å². The number of hydrogen-bond donors (Lipinski definition) is 2. The molecule has 0 spiro atoms. The number of piperidine rings is 1. The molecule has 5 heteroatoms. The highest BCUT2D eigenvalue weighted by molar-refractivity contribution is 5.81. The Labute approximate surface area is 109 Å². The second-order valence-corrected chi connectivity index (χ2v) is 5.27. The number of hydrogen-bond acceptors (Lipinski definition) is 3. The number of likely N-dealkylation sites (N-methyl/N-ethyl adjacent to an activating group) is 1. The van der Waals surface area contributed by atoms with E-state index in [1.165, 1.54) is 0 Å². The van der Waals surface area contributed by atoms with E-state index in [4.69, 9.17) is 0 Å². The molecule has 5 nitrogen and oxygen atoms in total. The van der Waals surface area contributed by atoms with Crippen LogP contribution in [-0.4, -0.2) is 48.9 Å². The average molecular weight is 255 g/mol. The molecule has 2 N–H and O–H groups in total. The van der Waals surface area contributed by atoms with Gasteiger partial charge >= 0.3 is 0 Å². The number of carbonyl (C=O) groups is 2. The van der Waals surface area contributed by atoms with Gasteiger partial charge in [-0.25, -0.2) is 0 Å². The Morgan fingerprint density at radius 3 is 2.17 bits per heavy atom. The van der Waals surface area contributed by atoms with E-state index < -0.39 is 0 Å². The maximum absolute atomic E-state index is 11.9. The standard InChI is InChI=1S/C13H25N3O2/c1-9(2)12(17)15-11-5-7-16(8-6-11)13(18)10(3)14-4/h9-11,14H,5-8H2,1-4H3,(H,15,17). The maximum atomic E-state index is 11.9. The van der Waals surface area contributed by atoms with Gasteiger partial charge in [0.15, 0.2) is 0 Å². The molecule has 1 rings (SSSR count). The average Bonchev–Trinajstić information content (AvgIpc) is 2.37. The van der Waals surface area contributed by atoms with Crippen LogP contribution in [0.3, 0.4) is 0 Å². The van der Waals surface area contributed by atoms with Crippen molar-refractivity contribution in [1.29, 1.82) is 0 Å². The van der Waals surface area contributed by atoms with Gasteiger partial charge in [0.05, 0.1) is 6.04 Å². The van der Waals surface area contributed by atoms with E-state index in [0.717, 1.165) is 25.9 Å². The van der Waals surface area contributed by atoms with E-state index in [1.54, 1.807) is 7.05 Å². The molecule has 0 aromatic rings. The Morgan fingerprint density at radius 1 is 1.17 bits per heavy atom. The molecule has 18 heavy (non-hydrogen) atoms. The van der Waals surface area contributed by atoms with Gasteiger partial charge in [-0.3, -0.25) is 9.59 Å². The summed E-state index contributed by atoms with van der Waals surface area (Å²) >= 11 is 0. The third kappa shape index (κ3) is 3.98. The Bertz CT molecular complexity index is 297. The van der Waals surface area contributed by atoms with Gasteiger partial charge in [-0.1, -0.05) is 13.8 Å². The molecule has 0 aromatic carbocycles. The first-order valence-electron chi connectivity index (χ1n) is 6.72. The molecule has 104 valence electrons. The van der Waals surface area contributed by atoms with E-state index in [0.29, 0.717) is 0 Å². The number of carbonyl (C=O) groups excluding carboxylic acids is 2. The van der Waals surface area contributed by atoms with Crippen LogP contribution in [0.15, 0.2) is 0 Å². The summed E-state index contributed by atoms with van der Waals surface area (Å²) < 4.78 is 0. The molecule has 0 bridgehead atoms. The van der Waals surface area contributed by atoms with Crippen LogP contribution in [0.5, 0.6) is 0 Å². The predicted molar refractivity (Wildman–Crippen MR) is 71.1 cm³/mol. The van der Waals surface area contributed by atoms with Crippen LogP contribution in [0.4, 0.5) is 0 Å². The number of amides is 2. The molecule has 1 aliphatic rings. The molecular formula is C13H25N3O2. The monoisotopic (exact) mass is 255 g/mol. The molecule has 0 saturated carbocycles. The quantitative estimate of drug-likeness (QED) is 0.762. The van der Waals surface area contributed by atoms with Gasteiger partial charge in [-0.05, 0) is 26.8 Å². The Kier molecular flexibility index (Phi) is 5.59. The van der Waals surface area contributed by atoms with Crippen LogP contribution < -0.4 is 10.6 Å². The Morgan fingerprint density at radius 2 is 1.72 bits per heavy atom. The summed E-state index contributed by atoms with van der Waals surface area (Å²) in [5.74, 6) is 0.267. The smallest absolute Gasteiger partial charge is 0.239 e. The van der Waals surface area contributed by atoms with Gasteiger partial charge in [-0.15, -0.1) is 0 Å². The molecule has 1 heterocycles. The number of nitrogens with zero attached hydrogens (tertiary/aromatic N) is 1. The summed E-state index contributed by atoms with van der Waals surface area (Å²) in [6.07, 6.45) is 1.70. The maximum Gasteiger partial charge on any atom is 0.239 e. The highest BCUT2D eigenvalue weighted by atomic mass is 16.2. The molecule has 1 atom stereocenters. The van der Waals surface area contributed by atoms with Crippen molar-refractivity contribution in [2.24, 2.45) is 5.92 Å². The zero-order chi connectivity index (χ0) is 13.7. The van der Waals surface area contributed by atoms with E-state index in [-0.39, 0.29) is 29.8 Å². The van der Waals surface area contributed by atoms with Crippen molar-refractivity contribution in [2.75, 3.05) is 20.1 Å². The summed E-state index contributed by atoms with van der Waals surface area (Å²) in [7, 11) is 1.79. The van der Waals surface area contributed by atoms with E-state index >= 15 is 0 Å². The summed E-state index contributed by atoms with van der Waals surface area (Å²) in [6, 6.07) is 0.0839. The third-order valence-corrected chi connectivity index (χ3v) is 3.48. The molecule has 1 aliphatic heterocycles. The van der Waals surface area contributed by atoms with Crippen LogP contribution in [0, 0.1) is 5.92 Å². The van der Waals surface area contributed by atoms with Crippen LogP contribution >= 0.6 is 0 Å². The highest BCUT2D eigenvalue weighted by Gasteiger charge is 2.26. The first kappa shape index (κ1) is 15.0. The molecular weight excluding hydrogens is 230 g/mol. The highest BCUT2D eigenvalue weighted by Crippen LogP contribution is 2.12. The second kappa shape index (κ2) is 6.73. The molecule has 1 unspecified atom stereocenters. The van der Waals surface area contributed by atoms with Crippen LogP contribution in [-0.2, 0) is 9.59 Å². The summed E-state index contributed by atoms with van der Waals surface area (Å²) in [4.78, 5) is 25.4. The van der Waals surface area contributed by atoms with Gasteiger partial charge in [0.1, 0.15) is 0 Å². The zero-order valence-electron chi connectivity index (χ0n) is 11.8. The van der Waals surface area contributed by atoms with E-state index in [2.05, 4.69) is 10.6 Å². The van der Waals surface area contributed by atoms with Crippen molar-refractivity contribution in [3.05, 3.63) is 0 Å². The summed E-state index contributed by atoms with van der Waals surface area (Å²) in [6.45, 7) is 7.11. The van der Waals surface area contributed by atoms with Crippen molar-refractivity contribution in [3.63, 3.8) is 0 Å². The van der Waals surface area contributed by atoms with E-state index in [1.807, 2.05) is 25.7 Å². The molecule has 0 aliphatic carbocycles. The lowest BCUT2D eigenvalue weighted by Gasteiger charge is -2.34. The number of nitrogens with one attached hydrogen (secondary N) is 2. The van der Waals surface area contributed by atoms with Crippen molar-refractivity contribution >= 4 is 11.8 Å². The topological polar surface area (TPSA) is 61.4 Å². The van der Waals surface area contributed by atoms with E-state index in [9.17, 15) is 9.59 Å². The first-order chi connectivity index (χ1) is 8.45. The summed E-state index contributed by atoms with van der Waals surface area (Å²) in [5, 5.41) is 5.99. The lowest BCUT2D eigenvalue weighted by Crippen LogP contribution is -2.51. The van der Waals surface area contributed by atoms with Crippen molar-refractivity contribution in [2.45, 2.75) is 45.7 Å². The minimum absolute atomic E-state index is 0.0222. The van der Waals surface area contributed by atoms with Crippen molar-refractivity contribution in [1.82, 2.24) is 15.5 Å².